The molecule has 0 saturated heterocycles. The maximum absolute atomic E-state index is 13.3. The summed E-state index contributed by atoms with van der Waals surface area (Å²) >= 11 is 0. The fourth-order valence-corrected chi connectivity index (χ4v) is 4.21. The van der Waals surface area contributed by atoms with Crippen LogP contribution in [0.15, 0.2) is 59.7 Å². The summed E-state index contributed by atoms with van der Waals surface area (Å²) in [5.41, 5.74) is 11.7. The quantitative estimate of drug-likeness (QED) is 0.406. The molecule has 0 atom stereocenters. The van der Waals surface area contributed by atoms with Crippen LogP contribution in [0.2, 0.25) is 0 Å². The predicted octanol–water partition coefficient (Wildman–Crippen LogP) is 2.21. The monoisotopic (exact) mass is 441 g/mol. The number of benzene rings is 1. The molecule has 0 saturated carbocycles. The second-order valence-electron chi connectivity index (χ2n) is 8.13. The van der Waals surface area contributed by atoms with Gasteiger partial charge in [0.25, 0.3) is 0 Å². The van der Waals surface area contributed by atoms with Gasteiger partial charge in [-0.3, -0.25) is 4.98 Å². The van der Waals surface area contributed by atoms with Gasteiger partial charge < -0.3 is 10.3 Å². The first-order chi connectivity index (χ1) is 15.9. The van der Waals surface area contributed by atoms with E-state index in [1.807, 2.05) is 74.1 Å². The Morgan fingerprint density at radius 3 is 2.45 bits per heavy atom. The third-order valence-corrected chi connectivity index (χ3v) is 5.71. The maximum Gasteiger partial charge on any atom is 0.428 e. The van der Waals surface area contributed by atoms with E-state index in [0.717, 1.165) is 33.9 Å². The summed E-state index contributed by atoms with van der Waals surface area (Å²) in [6.45, 7) is 4.34. The highest BCUT2D eigenvalue weighted by Gasteiger charge is 2.26. The summed E-state index contributed by atoms with van der Waals surface area (Å²) in [6.07, 6.45) is 4.23. The molecule has 9 nitrogen and oxygen atoms in total. The van der Waals surface area contributed by atoms with Crippen molar-refractivity contribution in [3.8, 4) is 22.4 Å². The van der Waals surface area contributed by atoms with Gasteiger partial charge in [-0.25, -0.2) is 14.9 Å². The number of imidazole rings is 1. The Labute approximate surface area is 190 Å². The van der Waals surface area contributed by atoms with Crippen molar-refractivity contribution in [2.75, 3.05) is 5.73 Å². The van der Waals surface area contributed by atoms with Crippen LogP contribution in [0.3, 0.4) is 0 Å². The molecule has 0 radical (unpaired) electrons. The Morgan fingerprint density at radius 1 is 1.06 bits per heavy atom. The van der Waals surface area contributed by atoms with E-state index >= 15 is 0 Å². The number of nitrogens with two attached hydrogens (primary N) is 1. The molecule has 166 valence electrons. The molecule has 5 aromatic rings. The summed E-state index contributed by atoms with van der Waals surface area (Å²) < 4.78 is 4.94. The normalized spacial score (nSPS) is 11.4. The highest BCUT2D eigenvalue weighted by atomic mass is 16.2. The number of fused-ring (bicyclic) bond motifs is 1. The third-order valence-electron chi connectivity index (χ3n) is 5.71. The number of H-pyrrole nitrogens is 1. The van der Waals surface area contributed by atoms with Gasteiger partial charge in [-0.2, -0.15) is 4.68 Å². The van der Waals surface area contributed by atoms with Crippen molar-refractivity contribution in [1.29, 1.82) is 0 Å². The van der Waals surface area contributed by atoms with E-state index in [1.54, 1.807) is 10.9 Å². The Balaban J connectivity index is 1.76. The van der Waals surface area contributed by atoms with Crippen molar-refractivity contribution in [2.45, 2.75) is 26.8 Å². The van der Waals surface area contributed by atoms with Crippen molar-refractivity contribution in [1.82, 2.24) is 29.3 Å². The smallest absolute Gasteiger partial charge is 0.338 e. The minimum atomic E-state index is -0.271. The number of nitrogens with zero attached hydrogens (tertiary/aromatic N) is 6. The molecule has 0 spiro atoms. The Bertz CT molecular complexity index is 1510. The van der Waals surface area contributed by atoms with Crippen LogP contribution in [-0.2, 0) is 20.0 Å². The molecular formula is C24H25N8O+. The zero-order valence-corrected chi connectivity index (χ0v) is 18.8. The topological polar surface area (TPSA) is 112 Å². The molecule has 0 bridgehead atoms. The molecule has 3 N–H and O–H groups in total. The molecule has 0 unspecified atom stereocenters. The second-order valence-corrected chi connectivity index (χ2v) is 8.13. The molecular weight excluding hydrogens is 416 g/mol. The first kappa shape index (κ1) is 20.6. The van der Waals surface area contributed by atoms with Crippen LogP contribution >= 0.6 is 0 Å². The lowest BCUT2D eigenvalue weighted by Crippen LogP contribution is -2.44. The average Bonchev–Trinajstić information content (AvgIpc) is 3.34. The van der Waals surface area contributed by atoms with Crippen LogP contribution in [0.5, 0.6) is 0 Å². The summed E-state index contributed by atoms with van der Waals surface area (Å²) in [5.74, 6) is 1.02. The van der Waals surface area contributed by atoms with Crippen LogP contribution in [0.4, 0.5) is 5.95 Å². The third kappa shape index (κ3) is 3.67. The second kappa shape index (κ2) is 8.01. The minimum Gasteiger partial charge on any atom is -0.338 e. The van der Waals surface area contributed by atoms with Crippen molar-refractivity contribution in [2.24, 2.45) is 7.05 Å². The number of aromatic amines is 1. The van der Waals surface area contributed by atoms with Crippen LogP contribution < -0.4 is 15.8 Å². The highest BCUT2D eigenvalue weighted by molar-refractivity contribution is 5.88. The van der Waals surface area contributed by atoms with Gasteiger partial charge in [0.15, 0.2) is 0 Å². The van der Waals surface area contributed by atoms with Crippen molar-refractivity contribution < 1.29 is 4.40 Å². The number of nitrogen functional groups attached to an aromatic ring is 1. The summed E-state index contributed by atoms with van der Waals surface area (Å²) in [4.78, 5) is 26.8. The van der Waals surface area contributed by atoms with Crippen LogP contribution in [-0.4, -0.2) is 29.3 Å². The molecule has 0 amide bonds. The van der Waals surface area contributed by atoms with E-state index in [9.17, 15) is 4.79 Å². The van der Waals surface area contributed by atoms with Gasteiger partial charge in [0.1, 0.15) is 11.5 Å². The SMILES string of the molecule is Cc1cc(-c2c(-c3ccccc3)nc(N)[n+]3c(=O)n(CCc4nccn4C)[nH]c23)cc(C)n1. The molecule has 5 rings (SSSR count). The molecule has 0 fully saturated rings. The van der Waals surface area contributed by atoms with Crippen LogP contribution in [0, 0.1) is 13.8 Å². The van der Waals surface area contributed by atoms with E-state index in [4.69, 9.17) is 5.73 Å². The van der Waals surface area contributed by atoms with Gasteiger partial charge in [0.05, 0.1) is 12.1 Å². The molecule has 1 aromatic carbocycles. The molecule has 4 heterocycles. The van der Waals surface area contributed by atoms with Gasteiger partial charge in [0.2, 0.25) is 5.65 Å². The van der Waals surface area contributed by atoms with Crippen LogP contribution in [0.1, 0.15) is 17.2 Å². The lowest BCUT2D eigenvalue weighted by molar-refractivity contribution is -0.516. The number of anilines is 1. The first-order valence-electron chi connectivity index (χ1n) is 10.7. The maximum atomic E-state index is 13.3. The molecule has 0 aliphatic carbocycles. The Kier molecular flexibility index (Phi) is 5.01. The van der Waals surface area contributed by atoms with Crippen molar-refractivity contribution in [3.05, 3.63) is 82.6 Å². The first-order valence-corrected chi connectivity index (χ1v) is 10.7. The fraction of sp³-hybridized carbons (Fsp3) is 0.208. The van der Waals surface area contributed by atoms with Crippen molar-refractivity contribution in [3.63, 3.8) is 0 Å². The van der Waals surface area contributed by atoms with Crippen LogP contribution in [0.25, 0.3) is 28.0 Å². The predicted molar refractivity (Wildman–Crippen MR) is 125 cm³/mol. The number of nitrogens with one attached hydrogen (secondary N) is 1. The summed E-state index contributed by atoms with van der Waals surface area (Å²) in [7, 11) is 1.94. The standard InChI is InChI=1S/C24H24N8O/c1-15-13-18(14-16(2)27-15)20-21(17-7-5-4-6-8-17)28-23(25)32-22(20)29-31(24(32)33)11-9-19-26-10-12-30(19)3/h4-8,10,12-14H,9,11H2,1-3H3,(H2,25,27,28,29)/p+1. The Morgan fingerprint density at radius 2 is 1.79 bits per heavy atom. The molecule has 0 aliphatic heterocycles. The van der Waals surface area contributed by atoms with E-state index in [-0.39, 0.29) is 11.6 Å². The minimum absolute atomic E-state index is 0.132. The average molecular weight is 442 g/mol. The van der Waals surface area contributed by atoms with E-state index < -0.39 is 0 Å². The largest absolute Gasteiger partial charge is 0.428 e. The summed E-state index contributed by atoms with van der Waals surface area (Å²) in [6, 6.07) is 13.8. The molecule has 0 aliphatic rings. The van der Waals surface area contributed by atoms with E-state index in [0.29, 0.717) is 24.3 Å². The summed E-state index contributed by atoms with van der Waals surface area (Å²) in [5, 5.41) is 3.29. The number of hydrogen-bond acceptors (Lipinski definition) is 5. The number of aryl methyl sites for hydroxylation is 5. The number of rotatable bonds is 5. The highest BCUT2D eigenvalue weighted by Crippen LogP contribution is 2.33. The number of aromatic nitrogens is 7. The molecule has 4 aromatic heterocycles. The lowest BCUT2D eigenvalue weighted by atomic mass is 9.99. The van der Waals surface area contributed by atoms with Gasteiger partial charge in [-0.15, -0.1) is 9.38 Å². The molecule has 33 heavy (non-hydrogen) atoms. The zero-order valence-electron chi connectivity index (χ0n) is 18.8. The number of hydrogen-bond donors (Lipinski definition) is 2. The lowest BCUT2D eigenvalue weighted by Gasteiger charge is -2.10. The van der Waals surface area contributed by atoms with Crippen molar-refractivity contribution >= 4 is 11.6 Å². The van der Waals surface area contributed by atoms with Gasteiger partial charge in [-0.05, 0) is 31.5 Å². The fourth-order valence-electron chi connectivity index (χ4n) is 4.21. The zero-order chi connectivity index (χ0) is 23.1. The number of pyridine rings is 1. The van der Waals surface area contributed by atoms with Gasteiger partial charge in [-0.1, -0.05) is 30.3 Å². The van der Waals surface area contributed by atoms with E-state index in [1.165, 1.54) is 4.40 Å². The van der Waals surface area contributed by atoms with Gasteiger partial charge >= 0.3 is 11.6 Å². The van der Waals surface area contributed by atoms with Gasteiger partial charge in [0, 0.05) is 42.8 Å². The molecule has 9 heteroatoms. The Hall–Kier alpha value is -4.27. The van der Waals surface area contributed by atoms with E-state index in [2.05, 4.69) is 20.1 Å².